The summed E-state index contributed by atoms with van der Waals surface area (Å²) in [6.45, 7) is 10.6. The summed E-state index contributed by atoms with van der Waals surface area (Å²) in [5.41, 5.74) is 0. The van der Waals surface area contributed by atoms with Gasteiger partial charge in [0, 0.05) is 13.1 Å². The molecule has 4 heteroatoms. The van der Waals surface area contributed by atoms with Crippen LogP contribution < -0.4 is 5.32 Å². The van der Waals surface area contributed by atoms with Crippen LogP contribution in [0.4, 0.5) is 0 Å². The summed E-state index contributed by atoms with van der Waals surface area (Å²) in [6.07, 6.45) is 4.88. The molecule has 0 aromatic heterocycles. The molecule has 0 aliphatic carbocycles. The first-order valence-corrected chi connectivity index (χ1v) is 7.83. The summed E-state index contributed by atoms with van der Waals surface area (Å²) >= 11 is 0. The summed E-state index contributed by atoms with van der Waals surface area (Å²) < 4.78 is 5.16. The highest BCUT2D eigenvalue weighted by Gasteiger charge is 2.27. The van der Waals surface area contributed by atoms with Gasteiger partial charge in [0.05, 0.1) is 6.61 Å². The predicted octanol–water partition coefficient (Wildman–Crippen LogP) is 2.04. The minimum Gasteiger partial charge on any atom is -0.465 e. The first-order valence-electron chi connectivity index (χ1n) is 7.83. The van der Waals surface area contributed by atoms with Gasteiger partial charge in [0.2, 0.25) is 0 Å². The van der Waals surface area contributed by atoms with Crippen LogP contribution in [0.1, 0.15) is 46.5 Å². The maximum absolute atomic E-state index is 11.9. The molecule has 19 heavy (non-hydrogen) atoms. The average Bonchev–Trinajstić information content (AvgIpc) is 2.82. The molecule has 4 nitrogen and oxygen atoms in total. The first kappa shape index (κ1) is 16.4. The molecule has 0 bridgehead atoms. The number of nitrogens with zero attached hydrogens (tertiary/aromatic N) is 1. The Kier molecular flexibility index (Phi) is 8.07. The van der Waals surface area contributed by atoms with E-state index in [9.17, 15) is 4.79 Å². The van der Waals surface area contributed by atoms with Gasteiger partial charge in [-0.3, -0.25) is 4.79 Å². The van der Waals surface area contributed by atoms with E-state index in [0.717, 1.165) is 38.5 Å². The van der Waals surface area contributed by atoms with Crippen LogP contribution in [0.25, 0.3) is 0 Å². The Morgan fingerprint density at radius 1 is 1.37 bits per heavy atom. The van der Waals surface area contributed by atoms with Gasteiger partial charge in [0.15, 0.2) is 0 Å². The highest BCUT2D eigenvalue weighted by atomic mass is 16.5. The normalized spacial score (nSPS) is 21.5. The Labute approximate surface area is 117 Å². The van der Waals surface area contributed by atoms with Gasteiger partial charge in [-0.15, -0.1) is 0 Å². The van der Waals surface area contributed by atoms with Crippen molar-refractivity contribution >= 4 is 5.97 Å². The molecular formula is C15H30N2O2. The van der Waals surface area contributed by atoms with Gasteiger partial charge in [0.25, 0.3) is 0 Å². The summed E-state index contributed by atoms with van der Waals surface area (Å²) in [4.78, 5) is 14.3. The zero-order chi connectivity index (χ0) is 14.1. The third kappa shape index (κ3) is 5.91. The lowest BCUT2D eigenvalue weighted by Gasteiger charge is -2.23. The zero-order valence-corrected chi connectivity index (χ0v) is 12.8. The van der Waals surface area contributed by atoms with Gasteiger partial charge in [-0.2, -0.15) is 0 Å². The van der Waals surface area contributed by atoms with Crippen LogP contribution in [-0.4, -0.2) is 49.7 Å². The van der Waals surface area contributed by atoms with E-state index in [-0.39, 0.29) is 12.0 Å². The number of ether oxygens (including phenoxy) is 1. The van der Waals surface area contributed by atoms with Gasteiger partial charge in [-0.05, 0) is 45.2 Å². The molecule has 1 fully saturated rings. The van der Waals surface area contributed by atoms with E-state index >= 15 is 0 Å². The summed E-state index contributed by atoms with van der Waals surface area (Å²) in [6, 6.07) is -0.166. The minimum absolute atomic E-state index is 0.102. The number of hydrogen-bond acceptors (Lipinski definition) is 4. The molecule has 0 aromatic rings. The van der Waals surface area contributed by atoms with Gasteiger partial charge < -0.3 is 15.0 Å². The van der Waals surface area contributed by atoms with Crippen molar-refractivity contribution in [1.29, 1.82) is 0 Å². The van der Waals surface area contributed by atoms with Gasteiger partial charge >= 0.3 is 5.97 Å². The quantitative estimate of drug-likeness (QED) is 0.651. The Bertz CT molecular complexity index is 259. The first-order chi connectivity index (χ1) is 9.21. The van der Waals surface area contributed by atoms with E-state index in [4.69, 9.17) is 4.74 Å². The van der Waals surface area contributed by atoms with Crippen LogP contribution in [0.15, 0.2) is 0 Å². The molecular weight excluding hydrogens is 240 g/mol. The second-order valence-corrected chi connectivity index (χ2v) is 5.46. The summed E-state index contributed by atoms with van der Waals surface area (Å²) in [7, 11) is 0. The Hall–Kier alpha value is -0.610. The molecule has 0 saturated carbocycles. The second-order valence-electron chi connectivity index (χ2n) is 5.46. The molecule has 1 aliphatic rings. The van der Waals surface area contributed by atoms with Crippen LogP contribution in [0.5, 0.6) is 0 Å². The fraction of sp³-hybridized carbons (Fsp3) is 0.933. The molecule has 0 aromatic carbocycles. The number of likely N-dealkylation sites (tertiary alicyclic amines) is 1. The van der Waals surface area contributed by atoms with Crippen molar-refractivity contribution in [3.8, 4) is 0 Å². The fourth-order valence-corrected chi connectivity index (χ4v) is 2.76. The van der Waals surface area contributed by atoms with E-state index in [1.807, 2.05) is 6.92 Å². The SMILES string of the molecule is CCCNC(CN1CCC(CCC)C1)C(=O)OCC. The number of nitrogens with one attached hydrogen (secondary N) is 1. The maximum Gasteiger partial charge on any atom is 0.324 e. The van der Waals surface area contributed by atoms with Gasteiger partial charge in [-0.25, -0.2) is 0 Å². The molecule has 1 aliphatic heterocycles. The van der Waals surface area contributed by atoms with E-state index in [1.165, 1.54) is 19.3 Å². The number of carbonyl (C=O) groups is 1. The molecule has 112 valence electrons. The second kappa shape index (κ2) is 9.32. The lowest BCUT2D eigenvalue weighted by Crippen LogP contribution is -2.46. The van der Waals surface area contributed by atoms with E-state index in [0.29, 0.717) is 6.61 Å². The number of esters is 1. The number of carbonyl (C=O) groups excluding carboxylic acids is 1. The van der Waals surface area contributed by atoms with Crippen molar-refractivity contribution in [2.45, 2.75) is 52.5 Å². The smallest absolute Gasteiger partial charge is 0.324 e. The van der Waals surface area contributed by atoms with Crippen molar-refractivity contribution in [3.63, 3.8) is 0 Å². The topological polar surface area (TPSA) is 41.6 Å². The van der Waals surface area contributed by atoms with Crippen molar-refractivity contribution in [2.75, 3.05) is 32.8 Å². The van der Waals surface area contributed by atoms with Crippen molar-refractivity contribution in [2.24, 2.45) is 5.92 Å². The molecule has 2 atom stereocenters. The Morgan fingerprint density at radius 3 is 2.79 bits per heavy atom. The van der Waals surface area contributed by atoms with Crippen molar-refractivity contribution < 1.29 is 9.53 Å². The Morgan fingerprint density at radius 2 is 2.16 bits per heavy atom. The lowest BCUT2D eigenvalue weighted by molar-refractivity contribution is -0.146. The molecule has 1 heterocycles. The van der Waals surface area contributed by atoms with Crippen LogP contribution in [0.2, 0.25) is 0 Å². The van der Waals surface area contributed by atoms with Crippen LogP contribution in [0, 0.1) is 5.92 Å². The zero-order valence-electron chi connectivity index (χ0n) is 12.8. The predicted molar refractivity (Wildman–Crippen MR) is 78.2 cm³/mol. The molecule has 1 rings (SSSR count). The van der Waals surface area contributed by atoms with Crippen LogP contribution in [-0.2, 0) is 9.53 Å². The van der Waals surface area contributed by atoms with Crippen LogP contribution >= 0.6 is 0 Å². The summed E-state index contributed by atoms with van der Waals surface area (Å²) in [5.74, 6) is 0.717. The maximum atomic E-state index is 11.9. The third-order valence-corrected chi connectivity index (χ3v) is 3.72. The average molecular weight is 270 g/mol. The van der Waals surface area contributed by atoms with Gasteiger partial charge in [0.1, 0.15) is 6.04 Å². The van der Waals surface area contributed by atoms with E-state index < -0.39 is 0 Å². The number of rotatable bonds is 9. The number of hydrogen-bond donors (Lipinski definition) is 1. The van der Waals surface area contributed by atoms with Gasteiger partial charge in [-0.1, -0.05) is 20.3 Å². The Balaban J connectivity index is 2.41. The molecule has 1 N–H and O–H groups in total. The fourth-order valence-electron chi connectivity index (χ4n) is 2.76. The van der Waals surface area contributed by atoms with E-state index in [2.05, 4.69) is 24.1 Å². The van der Waals surface area contributed by atoms with E-state index in [1.54, 1.807) is 0 Å². The molecule has 0 spiro atoms. The standard InChI is InChI=1S/C15H30N2O2/c1-4-7-13-8-10-17(11-13)12-14(16-9-5-2)15(18)19-6-3/h13-14,16H,4-12H2,1-3H3. The monoisotopic (exact) mass is 270 g/mol. The molecule has 1 saturated heterocycles. The van der Waals surface area contributed by atoms with Crippen molar-refractivity contribution in [1.82, 2.24) is 10.2 Å². The molecule has 2 unspecified atom stereocenters. The largest absolute Gasteiger partial charge is 0.465 e. The highest BCUT2D eigenvalue weighted by molar-refractivity contribution is 5.76. The van der Waals surface area contributed by atoms with Crippen molar-refractivity contribution in [3.05, 3.63) is 0 Å². The minimum atomic E-state index is -0.166. The third-order valence-electron chi connectivity index (χ3n) is 3.72. The summed E-state index contributed by atoms with van der Waals surface area (Å²) in [5, 5.41) is 3.31. The molecule has 0 amide bonds. The molecule has 0 radical (unpaired) electrons. The highest BCUT2D eigenvalue weighted by Crippen LogP contribution is 2.20. The van der Waals surface area contributed by atoms with Crippen LogP contribution in [0.3, 0.4) is 0 Å². The lowest BCUT2D eigenvalue weighted by atomic mass is 10.0.